The van der Waals surface area contributed by atoms with Gasteiger partial charge >= 0.3 is 6.61 Å². The fourth-order valence-corrected chi connectivity index (χ4v) is 1.25. The maximum Gasteiger partial charge on any atom is 0.387 e. The van der Waals surface area contributed by atoms with Crippen LogP contribution in [-0.4, -0.2) is 16.8 Å². The van der Waals surface area contributed by atoms with Crippen molar-refractivity contribution < 1.29 is 13.5 Å². The number of aromatic nitrogens is 2. The van der Waals surface area contributed by atoms with Gasteiger partial charge in [0.15, 0.2) is 0 Å². The largest absolute Gasteiger partial charge is 0.435 e. The van der Waals surface area contributed by atoms with E-state index in [-0.39, 0.29) is 5.75 Å². The molecule has 0 aliphatic carbocycles. The molecule has 0 spiro atoms. The highest BCUT2D eigenvalue weighted by Gasteiger charge is 2.06. The molecule has 0 atom stereocenters. The maximum atomic E-state index is 12.0. The monoisotopic (exact) mass is 210 g/mol. The average molecular weight is 210 g/mol. The van der Waals surface area contributed by atoms with Gasteiger partial charge in [-0.2, -0.15) is 13.9 Å². The fourth-order valence-electron chi connectivity index (χ4n) is 1.25. The zero-order valence-corrected chi connectivity index (χ0v) is 7.65. The first-order valence-electron chi connectivity index (χ1n) is 4.31. The van der Waals surface area contributed by atoms with Crippen molar-refractivity contribution in [2.75, 3.05) is 0 Å². The molecule has 0 saturated carbocycles. The summed E-state index contributed by atoms with van der Waals surface area (Å²) < 4.78 is 28.2. The van der Waals surface area contributed by atoms with Crippen molar-refractivity contribution in [2.45, 2.75) is 6.61 Å². The van der Waals surface area contributed by atoms with Crippen molar-refractivity contribution in [1.82, 2.24) is 10.2 Å². The molecule has 3 nitrogen and oxygen atoms in total. The van der Waals surface area contributed by atoms with Crippen molar-refractivity contribution in [3.8, 4) is 17.0 Å². The topological polar surface area (TPSA) is 37.9 Å². The molecule has 1 N–H and O–H groups in total. The van der Waals surface area contributed by atoms with Gasteiger partial charge < -0.3 is 4.74 Å². The van der Waals surface area contributed by atoms with E-state index >= 15 is 0 Å². The molecular formula is C10H8F2N2O. The van der Waals surface area contributed by atoms with Gasteiger partial charge in [-0.1, -0.05) is 12.1 Å². The zero-order chi connectivity index (χ0) is 10.7. The lowest BCUT2D eigenvalue weighted by Gasteiger charge is -2.04. The van der Waals surface area contributed by atoms with E-state index in [0.717, 1.165) is 5.56 Å². The number of hydrogen-bond acceptors (Lipinski definition) is 2. The molecule has 0 fully saturated rings. The van der Waals surface area contributed by atoms with Crippen LogP contribution < -0.4 is 4.74 Å². The molecular weight excluding hydrogens is 202 g/mol. The summed E-state index contributed by atoms with van der Waals surface area (Å²) in [5.74, 6) is 0.130. The SMILES string of the molecule is FC(F)Oc1cccc(-c2cc[nH]n2)c1. The number of nitrogens with zero attached hydrogens (tertiary/aromatic N) is 1. The van der Waals surface area contributed by atoms with Crippen LogP contribution in [0, 0.1) is 0 Å². The Morgan fingerprint density at radius 1 is 1.27 bits per heavy atom. The highest BCUT2D eigenvalue weighted by atomic mass is 19.3. The fraction of sp³-hybridized carbons (Fsp3) is 0.100. The molecule has 78 valence electrons. The van der Waals surface area contributed by atoms with Crippen molar-refractivity contribution >= 4 is 0 Å². The minimum Gasteiger partial charge on any atom is -0.435 e. The van der Waals surface area contributed by atoms with Crippen LogP contribution in [0.15, 0.2) is 36.5 Å². The molecule has 0 aliphatic rings. The van der Waals surface area contributed by atoms with Crippen LogP contribution in [0.3, 0.4) is 0 Å². The molecule has 0 amide bonds. The highest BCUT2D eigenvalue weighted by molar-refractivity contribution is 5.60. The summed E-state index contributed by atoms with van der Waals surface area (Å²) in [4.78, 5) is 0. The third-order valence-electron chi connectivity index (χ3n) is 1.86. The summed E-state index contributed by atoms with van der Waals surface area (Å²) in [6.45, 7) is -2.81. The molecule has 0 saturated heterocycles. The van der Waals surface area contributed by atoms with Crippen LogP contribution in [0.2, 0.25) is 0 Å². The first kappa shape index (κ1) is 9.64. The molecule has 1 heterocycles. The molecule has 0 unspecified atom stereocenters. The minimum absolute atomic E-state index is 0.130. The van der Waals surface area contributed by atoms with E-state index in [1.165, 1.54) is 12.1 Å². The number of benzene rings is 1. The van der Waals surface area contributed by atoms with Gasteiger partial charge in [0.1, 0.15) is 5.75 Å². The Balaban J connectivity index is 2.27. The van der Waals surface area contributed by atoms with Crippen molar-refractivity contribution in [2.24, 2.45) is 0 Å². The molecule has 0 radical (unpaired) electrons. The number of rotatable bonds is 3. The summed E-state index contributed by atoms with van der Waals surface area (Å²) in [7, 11) is 0. The smallest absolute Gasteiger partial charge is 0.387 e. The molecule has 0 bridgehead atoms. The lowest BCUT2D eigenvalue weighted by atomic mass is 10.1. The van der Waals surface area contributed by atoms with E-state index in [2.05, 4.69) is 14.9 Å². The Morgan fingerprint density at radius 3 is 2.80 bits per heavy atom. The molecule has 2 rings (SSSR count). The highest BCUT2D eigenvalue weighted by Crippen LogP contribution is 2.22. The molecule has 2 aromatic rings. The second-order valence-electron chi connectivity index (χ2n) is 2.87. The second kappa shape index (κ2) is 4.08. The first-order valence-corrected chi connectivity index (χ1v) is 4.31. The number of nitrogens with one attached hydrogen (secondary N) is 1. The summed E-state index contributed by atoms with van der Waals surface area (Å²) in [6, 6.07) is 8.16. The number of H-pyrrole nitrogens is 1. The van der Waals surface area contributed by atoms with Crippen molar-refractivity contribution in [3.63, 3.8) is 0 Å². The number of ether oxygens (including phenoxy) is 1. The van der Waals surface area contributed by atoms with Crippen LogP contribution in [0.4, 0.5) is 8.78 Å². The number of aromatic amines is 1. The first-order chi connectivity index (χ1) is 7.25. The second-order valence-corrected chi connectivity index (χ2v) is 2.87. The molecule has 0 aliphatic heterocycles. The minimum atomic E-state index is -2.81. The van der Waals surface area contributed by atoms with E-state index in [4.69, 9.17) is 0 Å². The molecule has 1 aromatic heterocycles. The predicted molar refractivity (Wildman–Crippen MR) is 50.7 cm³/mol. The van der Waals surface area contributed by atoms with Gasteiger partial charge in [0.05, 0.1) is 5.69 Å². The molecule has 15 heavy (non-hydrogen) atoms. The zero-order valence-electron chi connectivity index (χ0n) is 7.65. The Morgan fingerprint density at radius 2 is 2.13 bits per heavy atom. The predicted octanol–water partition coefficient (Wildman–Crippen LogP) is 2.68. The van der Waals surface area contributed by atoms with Crippen LogP contribution >= 0.6 is 0 Å². The Labute approximate surface area is 84.7 Å². The maximum absolute atomic E-state index is 12.0. The Hall–Kier alpha value is -1.91. The molecule has 5 heteroatoms. The van der Waals surface area contributed by atoms with Gasteiger partial charge in [0, 0.05) is 11.8 Å². The van der Waals surface area contributed by atoms with Gasteiger partial charge in [-0.25, -0.2) is 0 Å². The summed E-state index contributed by atoms with van der Waals surface area (Å²) >= 11 is 0. The lowest BCUT2D eigenvalue weighted by Crippen LogP contribution is -2.01. The summed E-state index contributed by atoms with van der Waals surface area (Å²) in [5, 5.41) is 6.59. The third-order valence-corrected chi connectivity index (χ3v) is 1.86. The van der Waals surface area contributed by atoms with Crippen LogP contribution in [-0.2, 0) is 0 Å². The van der Waals surface area contributed by atoms with Crippen LogP contribution in [0.5, 0.6) is 5.75 Å². The third kappa shape index (κ3) is 2.31. The van der Waals surface area contributed by atoms with Crippen molar-refractivity contribution in [3.05, 3.63) is 36.5 Å². The van der Waals surface area contributed by atoms with E-state index in [1.807, 2.05) is 0 Å². The van der Waals surface area contributed by atoms with E-state index in [0.29, 0.717) is 5.69 Å². The van der Waals surface area contributed by atoms with Crippen LogP contribution in [0.25, 0.3) is 11.3 Å². The summed E-state index contributed by atoms with van der Waals surface area (Å²) in [5.41, 5.74) is 1.42. The standard InChI is InChI=1S/C10H8F2N2O/c11-10(12)15-8-3-1-2-7(6-8)9-4-5-13-14-9/h1-6,10H,(H,13,14). The number of halogens is 2. The van der Waals surface area contributed by atoms with Gasteiger partial charge in [0.25, 0.3) is 0 Å². The van der Waals surface area contributed by atoms with Gasteiger partial charge in [-0.3, -0.25) is 5.10 Å². The Kier molecular flexibility index (Phi) is 2.62. The van der Waals surface area contributed by atoms with Gasteiger partial charge in [-0.05, 0) is 18.2 Å². The van der Waals surface area contributed by atoms with Gasteiger partial charge in [0.2, 0.25) is 0 Å². The number of alkyl halides is 2. The Bertz CT molecular complexity index is 429. The van der Waals surface area contributed by atoms with Crippen LogP contribution in [0.1, 0.15) is 0 Å². The van der Waals surface area contributed by atoms with E-state index < -0.39 is 6.61 Å². The lowest BCUT2D eigenvalue weighted by molar-refractivity contribution is -0.0498. The van der Waals surface area contributed by atoms with E-state index in [1.54, 1.807) is 24.4 Å². The van der Waals surface area contributed by atoms with Gasteiger partial charge in [-0.15, -0.1) is 0 Å². The van der Waals surface area contributed by atoms with E-state index in [9.17, 15) is 8.78 Å². The quantitative estimate of drug-likeness (QED) is 0.845. The number of hydrogen-bond donors (Lipinski definition) is 1. The van der Waals surface area contributed by atoms with Crippen molar-refractivity contribution in [1.29, 1.82) is 0 Å². The average Bonchev–Trinajstić information content (AvgIpc) is 2.69. The summed E-state index contributed by atoms with van der Waals surface area (Å²) in [6.07, 6.45) is 1.66. The molecule has 1 aromatic carbocycles. The normalized spacial score (nSPS) is 10.6.